The average molecular weight is 281 g/mol. The van der Waals surface area contributed by atoms with Crippen molar-refractivity contribution < 1.29 is 19.4 Å². The average Bonchev–Trinajstić information content (AvgIpc) is 2.41. The number of aliphatic carboxylic acids is 1. The van der Waals surface area contributed by atoms with Crippen molar-refractivity contribution >= 4 is 23.6 Å². The minimum absolute atomic E-state index is 0.143. The highest BCUT2D eigenvalue weighted by Crippen LogP contribution is 2.20. The Balaban J connectivity index is 2.27. The van der Waals surface area contributed by atoms with Crippen molar-refractivity contribution in [3.05, 3.63) is 36.4 Å². The van der Waals surface area contributed by atoms with Crippen LogP contribution in [-0.4, -0.2) is 36.4 Å². The van der Waals surface area contributed by atoms with Crippen molar-refractivity contribution in [2.24, 2.45) is 0 Å². The largest absolute Gasteiger partial charge is 0.497 e. The van der Waals surface area contributed by atoms with Crippen LogP contribution in [-0.2, 0) is 9.59 Å². The number of carboxylic acids is 1. The van der Waals surface area contributed by atoms with Gasteiger partial charge in [-0.25, -0.2) is 4.79 Å². The Labute approximate surface area is 115 Å². The van der Waals surface area contributed by atoms with Crippen LogP contribution in [0.25, 0.3) is 0 Å². The Hall–Kier alpha value is -1.95. The summed E-state index contributed by atoms with van der Waals surface area (Å²) < 4.78 is 5.04. The summed E-state index contributed by atoms with van der Waals surface area (Å²) in [6.45, 7) is 0.217. The van der Waals surface area contributed by atoms with Crippen molar-refractivity contribution in [1.82, 2.24) is 5.32 Å². The number of carboxylic acid groups (broad SMARTS) is 1. The molecule has 0 bridgehead atoms. The molecule has 1 aromatic rings. The molecule has 0 heterocycles. The van der Waals surface area contributed by atoms with Crippen LogP contribution in [0.4, 0.5) is 0 Å². The molecule has 0 spiro atoms. The zero-order valence-electron chi connectivity index (χ0n) is 10.5. The van der Waals surface area contributed by atoms with Gasteiger partial charge in [-0.2, -0.15) is 0 Å². The number of methoxy groups -OCH3 is 1. The highest BCUT2D eigenvalue weighted by molar-refractivity contribution is 8.00. The third-order valence-electron chi connectivity index (χ3n) is 2.11. The number of benzene rings is 1. The minimum Gasteiger partial charge on any atom is -0.497 e. The first-order chi connectivity index (χ1) is 9.11. The predicted molar refractivity (Wildman–Crippen MR) is 73.5 cm³/mol. The molecule has 1 aromatic carbocycles. The molecule has 2 N–H and O–H groups in total. The topological polar surface area (TPSA) is 75.6 Å². The van der Waals surface area contributed by atoms with Crippen molar-refractivity contribution in [2.45, 2.75) is 4.90 Å². The summed E-state index contributed by atoms with van der Waals surface area (Å²) in [7, 11) is 1.60. The van der Waals surface area contributed by atoms with Gasteiger partial charge in [-0.1, -0.05) is 6.08 Å². The van der Waals surface area contributed by atoms with E-state index in [4.69, 9.17) is 9.84 Å². The first kappa shape index (κ1) is 15.1. The lowest BCUT2D eigenvalue weighted by Crippen LogP contribution is -2.25. The van der Waals surface area contributed by atoms with Gasteiger partial charge in [0.2, 0.25) is 5.91 Å². The predicted octanol–water partition coefficient (Wildman–Crippen LogP) is 1.54. The Kier molecular flexibility index (Phi) is 6.52. The van der Waals surface area contributed by atoms with Crippen molar-refractivity contribution in [3.8, 4) is 5.75 Å². The Morgan fingerprint density at radius 2 is 2.05 bits per heavy atom. The van der Waals surface area contributed by atoms with Gasteiger partial charge in [0.15, 0.2) is 0 Å². The molecular formula is C13H15NO4S. The molecule has 0 fully saturated rings. The number of rotatable bonds is 7. The standard InChI is InChI=1S/C13H15NO4S/c1-18-10-4-6-11(7-5-10)19-9-12(15)14-8-2-3-13(16)17/h2-7H,8-9H2,1H3,(H,14,15)(H,16,17)/b3-2+. The van der Waals surface area contributed by atoms with Crippen LogP contribution in [0.15, 0.2) is 41.3 Å². The van der Waals surface area contributed by atoms with Gasteiger partial charge < -0.3 is 15.2 Å². The van der Waals surface area contributed by atoms with E-state index in [0.29, 0.717) is 0 Å². The van der Waals surface area contributed by atoms with E-state index in [9.17, 15) is 9.59 Å². The van der Waals surface area contributed by atoms with E-state index in [0.717, 1.165) is 16.7 Å². The quantitative estimate of drug-likeness (QED) is 0.586. The van der Waals surface area contributed by atoms with Gasteiger partial charge in [0.25, 0.3) is 0 Å². The van der Waals surface area contributed by atoms with Crippen LogP contribution in [0.5, 0.6) is 5.75 Å². The van der Waals surface area contributed by atoms with E-state index in [2.05, 4.69) is 5.32 Å². The number of hydrogen-bond donors (Lipinski definition) is 2. The van der Waals surface area contributed by atoms with Gasteiger partial charge in [-0.15, -0.1) is 11.8 Å². The van der Waals surface area contributed by atoms with Gasteiger partial charge in [0, 0.05) is 17.5 Å². The molecule has 0 saturated heterocycles. The summed E-state index contributed by atoms with van der Waals surface area (Å²) in [5.41, 5.74) is 0. The lowest BCUT2D eigenvalue weighted by atomic mass is 10.3. The molecule has 0 aliphatic carbocycles. The van der Waals surface area contributed by atoms with Crippen LogP contribution >= 0.6 is 11.8 Å². The van der Waals surface area contributed by atoms with Crippen molar-refractivity contribution in [1.29, 1.82) is 0 Å². The number of carbonyl (C=O) groups excluding carboxylic acids is 1. The molecule has 0 unspecified atom stereocenters. The first-order valence-corrected chi connectivity index (χ1v) is 6.53. The van der Waals surface area contributed by atoms with Crippen molar-refractivity contribution in [2.75, 3.05) is 19.4 Å². The van der Waals surface area contributed by atoms with Crippen molar-refractivity contribution in [3.63, 3.8) is 0 Å². The van der Waals surface area contributed by atoms with Crippen LogP contribution in [0.2, 0.25) is 0 Å². The van der Waals surface area contributed by atoms with E-state index in [1.807, 2.05) is 24.3 Å². The van der Waals surface area contributed by atoms with Crippen LogP contribution < -0.4 is 10.1 Å². The van der Waals surface area contributed by atoms with Crippen LogP contribution in [0.3, 0.4) is 0 Å². The fourth-order valence-corrected chi connectivity index (χ4v) is 1.93. The highest BCUT2D eigenvalue weighted by atomic mass is 32.2. The second-order valence-corrected chi connectivity index (χ2v) is 4.56. The molecule has 0 saturated carbocycles. The molecule has 102 valence electrons. The monoisotopic (exact) mass is 281 g/mol. The maximum atomic E-state index is 11.4. The number of ether oxygens (including phenoxy) is 1. The Morgan fingerprint density at radius 3 is 2.63 bits per heavy atom. The minimum atomic E-state index is -1.03. The molecule has 0 aromatic heterocycles. The molecule has 0 atom stereocenters. The SMILES string of the molecule is COc1ccc(SCC(=O)NC/C=C/C(=O)O)cc1. The van der Waals surface area contributed by atoms with E-state index in [1.165, 1.54) is 17.8 Å². The first-order valence-electron chi connectivity index (χ1n) is 5.55. The number of carbonyl (C=O) groups is 2. The third kappa shape index (κ3) is 6.52. The van der Waals surface area contributed by atoms with Gasteiger partial charge in [0.1, 0.15) is 5.75 Å². The number of hydrogen-bond acceptors (Lipinski definition) is 4. The molecule has 1 rings (SSSR count). The lowest BCUT2D eigenvalue weighted by Gasteiger charge is -2.04. The molecular weight excluding hydrogens is 266 g/mol. The van der Waals surface area contributed by atoms with E-state index in [-0.39, 0.29) is 18.2 Å². The molecule has 6 heteroatoms. The summed E-state index contributed by atoms with van der Waals surface area (Å²) in [5.74, 6) is -0.113. The van der Waals surface area contributed by atoms with Gasteiger partial charge in [0.05, 0.1) is 12.9 Å². The van der Waals surface area contributed by atoms with Crippen LogP contribution in [0, 0.1) is 0 Å². The van der Waals surface area contributed by atoms with Gasteiger partial charge in [-0.05, 0) is 24.3 Å². The molecule has 5 nitrogen and oxygen atoms in total. The molecule has 0 aliphatic rings. The zero-order valence-corrected chi connectivity index (χ0v) is 11.3. The van der Waals surface area contributed by atoms with E-state index < -0.39 is 5.97 Å². The highest BCUT2D eigenvalue weighted by Gasteiger charge is 2.01. The van der Waals surface area contributed by atoms with E-state index >= 15 is 0 Å². The lowest BCUT2D eigenvalue weighted by molar-refractivity contribution is -0.131. The summed E-state index contributed by atoms with van der Waals surface area (Å²) in [5, 5.41) is 11.0. The Morgan fingerprint density at radius 1 is 1.37 bits per heavy atom. The molecule has 1 amide bonds. The maximum Gasteiger partial charge on any atom is 0.328 e. The van der Waals surface area contributed by atoms with Crippen LogP contribution in [0.1, 0.15) is 0 Å². The summed E-state index contributed by atoms with van der Waals surface area (Å²) in [6.07, 6.45) is 2.38. The fraction of sp³-hybridized carbons (Fsp3) is 0.231. The second-order valence-electron chi connectivity index (χ2n) is 3.51. The second kappa shape index (κ2) is 8.20. The Bertz CT molecular complexity index is 456. The summed E-state index contributed by atoms with van der Waals surface area (Å²) in [6, 6.07) is 7.41. The number of amides is 1. The molecule has 19 heavy (non-hydrogen) atoms. The molecule has 0 radical (unpaired) electrons. The maximum absolute atomic E-state index is 11.4. The number of nitrogens with one attached hydrogen (secondary N) is 1. The van der Waals surface area contributed by atoms with E-state index in [1.54, 1.807) is 7.11 Å². The smallest absolute Gasteiger partial charge is 0.328 e. The summed E-state index contributed by atoms with van der Waals surface area (Å²) >= 11 is 1.40. The third-order valence-corrected chi connectivity index (χ3v) is 3.12. The number of thioether (sulfide) groups is 1. The molecule has 0 aliphatic heterocycles. The summed E-state index contributed by atoms with van der Waals surface area (Å²) in [4.78, 5) is 22.6. The van der Waals surface area contributed by atoms with Gasteiger partial charge in [-0.3, -0.25) is 4.79 Å². The normalized spacial score (nSPS) is 10.4. The van der Waals surface area contributed by atoms with Gasteiger partial charge >= 0.3 is 5.97 Å². The zero-order chi connectivity index (χ0) is 14.1. The fourth-order valence-electron chi connectivity index (χ4n) is 1.20.